The minimum Gasteiger partial charge on any atom is -0.314 e. The molecule has 1 N–H and O–H groups in total. The molecule has 0 saturated carbocycles. The summed E-state index contributed by atoms with van der Waals surface area (Å²) in [5, 5.41) is 3.50. The molecular formula is C11H25N3. The van der Waals surface area contributed by atoms with E-state index in [1.807, 2.05) is 0 Å². The van der Waals surface area contributed by atoms with Crippen molar-refractivity contribution in [3.05, 3.63) is 0 Å². The normalized spacial score (nSPS) is 27.9. The van der Waals surface area contributed by atoms with E-state index in [4.69, 9.17) is 0 Å². The van der Waals surface area contributed by atoms with Crippen LogP contribution < -0.4 is 5.32 Å². The van der Waals surface area contributed by atoms with Gasteiger partial charge in [0.2, 0.25) is 0 Å². The first kappa shape index (κ1) is 12.0. The predicted octanol–water partition coefficient (Wildman–Crippen LogP) is 0.478. The average Bonchev–Trinajstić information content (AvgIpc) is 2.49. The first-order chi connectivity index (χ1) is 6.59. The zero-order valence-corrected chi connectivity index (χ0v) is 10.1. The van der Waals surface area contributed by atoms with E-state index in [-0.39, 0.29) is 0 Å². The monoisotopic (exact) mass is 199 g/mol. The summed E-state index contributed by atoms with van der Waals surface area (Å²) >= 11 is 0. The van der Waals surface area contributed by atoms with Crippen molar-refractivity contribution in [1.29, 1.82) is 0 Å². The summed E-state index contributed by atoms with van der Waals surface area (Å²) in [5.41, 5.74) is 0. The lowest BCUT2D eigenvalue weighted by atomic mass is 10.0. The molecular weight excluding hydrogens is 174 g/mol. The average molecular weight is 199 g/mol. The maximum absolute atomic E-state index is 3.50. The minimum absolute atomic E-state index is 0.705. The molecule has 84 valence electrons. The third kappa shape index (κ3) is 3.95. The molecule has 2 unspecified atom stereocenters. The molecule has 0 aromatic heterocycles. The summed E-state index contributed by atoms with van der Waals surface area (Å²) in [6, 6.07) is 0.705. The molecule has 2 atom stereocenters. The fourth-order valence-electron chi connectivity index (χ4n) is 2.02. The lowest BCUT2D eigenvalue weighted by molar-refractivity contribution is 0.239. The second-order valence-electron chi connectivity index (χ2n) is 4.86. The fourth-order valence-corrected chi connectivity index (χ4v) is 2.02. The molecule has 1 saturated heterocycles. The number of rotatable bonds is 5. The molecule has 0 spiro atoms. The van der Waals surface area contributed by atoms with E-state index in [2.05, 4.69) is 43.2 Å². The third-order valence-corrected chi connectivity index (χ3v) is 3.16. The highest BCUT2D eigenvalue weighted by Crippen LogP contribution is 2.15. The van der Waals surface area contributed by atoms with Gasteiger partial charge in [-0.25, -0.2) is 0 Å². The molecule has 0 bridgehead atoms. The number of hydrogen-bond acceptors (Lipinski definition) is 3. The summed E-state index contributed by atoms with van der Waals surface area (Å²) < 4.78 is 0. The van der Waals surface area contributed by atoms with Crippen molar-refractivity contribution in [2.24, 2.45) is 5.92 Å². The molecule has 0 aliphatic carbocycles. The Balaban J connectivity index is 2.16. The van der Waals surface area contributed by atoms with Gasteiger partial charge in [0, 0.05) is 25.7 Å². The summed E-state index contributed by atoms with van der Waals surface area (Å²) in [4.78, 5) is 4.70. The first-order valence-corrected chi connectivity index (χ1v) is 5.66. The maximum Gasteiger partial charge on any atom is 0.0106 e. The Hall–Kier alpha value is -0.120. The number of likely N-dealkylation sites (N-methyl/N-ethyl adjacent to an activating group) is 2. The van der Waals surface area contributed by atoms with Gasteiger partial charge in [-0.15, -0.1) is 0 Å². The summed E-state index contributed by atoms with van der Waals surface area (Å²) in [7, 11) is 6.50. The highest BCUT2D eigenvalue weighted by molar-refractivity contribution is 4.81. The first-order valence-electron chi connectivity index (χ1n) is 5.66. The summed E-state index contributed by atoms with van der Waals surface area (Å²) in [6.07, 6.45) is 1.34. The molecule has 3 nitrogen and oxygen atoms in total. The largest absolute Gasteiger partial charge is 0.314 e. The van der Waals surface area contributed by atoms with E-state index in [1.165, 1.54) is 26.1 Å². The molecule has 0 aromatic carbocycles. The van der Waals surface area contributed by atoms with Gasteiger partial charge in [-0.05, 0) is 47.0 Å². The lowest BCUT2D eigenvalue weighted by Crippen LogP contribution is -2.35. The minimum atomic E-state index is 0.705. The molecule has 1 fully saturated rings. The SMILES string of the molecule is CC1NCCC1CN(C)CCN(C)C. The van der Waals surface area contributed by atoms with Crippen LogP contribution in [-0.2, 0) is 0 Å². The predicted molar refractivity (Wildman–Crippen MR) is 61.6 cm³/mol. The molecule has 1 aliphatic heterocycles. The molecule has 0 amide bonds. The topological polar surface area (TPSA) is 18.5 Å². The molecule has 3 heteroatoms. The number of nitrogens with one attached hydrogen (secondary N) is 1. The van der Waals surface area contributed by atoms with Crippen LogP contribution in [0, 0.1) is 5.92 Å². The van der Waals surface area contributed by atoms with Crippen molar-refractivity contribution in [2.75, 3.05) is 47.3 Å². The van der Waals surface area contributed by atoms with Crippen molar-refractivity contribution in [3.8, 4) is 0 Å². The van der Waals surface area contributed by atoms with Gasteiger partial charge < -0.3 is 15.1 Å². The van der Waals surface area contributed by atoms with E-state index in [0.717, 1.165) is 12.5 Å². The van der Waals surface area contributed by atoms with E-state index >= 15 is 0 Å². The number of hydrogen-bond donors (Lipinski definition) is 1. The van der Waals surface area contributed by atoms with Crippen LogP contribution in [0.1, 0.15) is 13.3 Å². The third-order valence-electron chi connectivity index (χ3n) is 3.16. The Labute approximate surface area is 88.5 Å². The van der Waals surface area contributed by atoms with Crippen molar-refractivity contribution < 1.29 is 0 Å². The highest BCUT2D eigenvalue weighted by Gasteiger charge is 2.23. The molecule has 1 rings (SSSR count). The molecule has 0 radical (unpaired) electrons. The number of nitrogens with zero attached hydrogens (tertiary/aromatic N) is 2. The van der Waals surface area contributed by atoms with Gasteiger partial charge in [0.25, 0.3) is 0 Å². The van der Waals surface area contributed by atoms with Crippen LogP contribution in [0.4, 0.5) is 0 Å². The fraction of sp³-hybridized carbons (Fsp3) is 1.00. The molecule has 14 heavy (non-hydrogen) atoms. The van der Waals surface area contributed by atoms with Crippen LogP contribution in [0.2, 0.25) is 0 Å². The Bertz CT molecular complexity index is 159. The van der Waals surface area contributed by atoms with E-state index in [9.17, 15) is 0 Å². The van der Waals surface area contributed by atoms with Gasteiger partial charge in [-0.1, -0.05) is 0 Å². The summed E-state index contributed by atoms with van der Waals surface area (Å²) in [5.74, 6) is 0.849. The van der Waals surface area contributed by atoms with Crippen LogP contribution in [0.5, 0.6) is 0 Å². The second-order valence-corrected chi connectivity index (χ2v) is 4.86. The molecule has 0 aromatic rings. The van der Waals surface area contributed by atoms with Crippen molar-refractivity contribution >= 4 is 0 Å². The van der Waals surface area contributed by atoms with Crippen LogP contribution >= 0.6 is 0 Å². The van der Waals surface area contributed by atoms with Gasteiger partial charge >= 0.3 is 0 Å². The van der Waals surface area contributed by atoms with Crippen molar-refractivity contribution in [2.45, 2.75) is 19.4 Å². The van der Waals surface area contributed by atoms with E-state index in [0.29, 0.717) is 6.04 Å². The maximum atomic E-state index is 3.50. The molecule has 1 aliphatic rings. The van der Waals surface area contributed by atoms with Crippen LogP contribution in [0.25, 0.3) is 0 Å². The second kappa shape index (κ2) is 5.69. The Morgan fingerprint density at radius 1 is 1.21 bits per heavy atom. The van der Waals surface area contributed by atoms with Gasteiger partial charge in [-0.3, -0.25) is 0 Å². The van der Waals surface area contributed by atoms with Crippen molar-refractivity contribution in [3.63, 3.8) is 0 Å². The Kier molecular flexibility index (Phi) is 4.85. The molecule has 1 heterocycles. The van der Waals surface area contributed by atoms with Crippen LogP contribution in [0.3, 0.4) is 0 Å². The zero-order chi connectivity index (χ0) is 10.6. The van der Waals surface area contributed by atoms with Crippen LogP contribution in [0.15, 0.2) is 0 Å². The van der Waals surface area contributed by atoms with Gasteiger partial charge in [0.05, 0.1) is 0 Å². The van der Waals surface area contributed by atoms with E-state index in [1.54, 1.807) is 0 Å². The standard InChI is InChI=1S/C11H25N3/c1-10-11(5-6-12-10)9-14(4)8-7-13(2)3/h10-12H,5-9H2,1-4H3. The van der Waals surface area contributed by atoms with E-state index < -0.39 is 0 Å². The Morgan fingerprint density at radius 3 is 2.43 bits per heavy atom. The quantitative estimate of drug-likeness (QED) is 0.695. The van der Waals surface area contributed by atoms with Gasteiger partial charge in [-0.2, -0.15) is 0 Å². The Morgan fingerprint density at radius 2 is 1.93 bits per heavy atom. The zero-order valence-electron chi connectivity index (χ0n) is 10.1. The van der Waals surface area contributed by atoms with Gasteiger partial charge in [0.1, 0.15) is 0 Å². The summed E-state index contributed by atoms with van der Waals surface area (Å²) in [6.45, 7) is 7.08. The lowest BCUT2D eigenvalue weighted by Gasteiger charge is -2.24. The highest BCUT2D eigenvalue weighted by atomic mass is 15.2. The van der Waals surface area contributed by atoms with Crippen molar-refractivity contribution in [1.82, 2.24) is 15.1 Å². The van der Waals surface area contributed by atoms with Gasteiger partial charge in [0.15, 0.2) is 0 Å². The van der Waals surface area contributed by atoms with Crippen LogP contribution in [-0.4, -0.2) is 63.2 Å². The smallest absolute Gasteiger partial charge is 0.0106 e.